The van der Waals surface area contributed by atoms with Gasteiger partial charge in [0, 0.05) is 139 Å². The van der Waals surface area contributed by atoms with Gasteiger partial charge in [0.1, 0.15) is 11.6 Å². The molecule has 2 aromatic rings. The van der Waals surface area contributed by atoms with Gasteiger partial charge >= 0.3 is 0 Å². The van der Waals surface area contributed by atoms with E-state index in [-0.39, 0.29) is 84.8 Å². The number of rotatable bonds is 18. The van der Waals surface area contributed by atoms with Gasteiger partial charge in [-0.2, -0.15) is 29.9 Å². The summed E-state index contributed by atoms with van der Waals surface area (Å²) in [4.78, 5) is 40.7. The van der Waals surface area contributed by atoms with Crippen LogP contribution in [0.2, 0.25) is 0 Å². The lowest BCUT2D eigenvalue weighted by atomic mass is 9.81. The molecule has 4 aliphatic heterocycles. The van der Waals surface area contributed by atoms with Gasteiger partial charge in [-0.05, 0) is 86.5 Å². The zero-order chi connectivity index (χ0) is 47.5. The predicted molar refractivity (Wildman–Crippen MR) is 266 cm³/mol. The first kappa shape index (κ1) is 50.1. The second kappa shape index (κ2) is 22.2. The van der Waals surface area contributed by atoms with Crippen LogP contribution in [0.4, 0.5) is 23.8 Å². The minimum absolute atomic E-state index is 0.0111. The number of hydrogen-bond donors (Lipinski definition) is 12. The molecule has 2 aliphatic carbocycles. The summed E-state index contributed by atoms with van der Waals surface area (Å²) >= 11 is 0. The fourth-order valence-corrected chi connectivity index (χ4v) is 12.2. The highest BCUT2D eigenvalue weighted by Gasteiger charge is 2.49. The van der Waals surface area contributed by atoms with Crippen molar-refractivity contribution < 1.29 is 0 Å². The van der Waals surface area contributed by atoms with Crippen molar-refractivity contribution >= 4 is 23.8 Å². The molecule has 16 atom stereocenters. The van der Waals surface area contributed by atoms with Crippen LogP contribution in [-0.2, 0) is 0 Å². The van der Waals surface area contributed by atoms with Gasteiger partial charge in [0.05, 0.1) is 24.7 Å². The zero-order valence-electron chi connectivity index (χ0n) is 41.6. The van der Waals surface area contributed by atoms with Crippen molar-refractivity contribution in [3.05, 3.63) is 11.6 Å². The van der Waals surface area contributed by atoms with Gasteiger partial charge in [0.25, 0.3) is 0 Å². The van der Waals surface area contributed by atoms with Crippen LogP contribution in [0.25, 0.3) is 0 Å². The number of fused-ring (bicyclic) bond motifs is 2. The van der Waals surface area contributed by atoms with Gasteiger partial charge < -0.3 is 65.5 Å². The van der Waals surface area contributed by atoms with E-state index in [9.17, 15) is 0 Å². The lowest BCUT2D eigenvalue weighted by molar-refractivity contribution is 0.112. The molecule has 2 aromatic heterocycles. The molecule has 6 heterocycles. The third-order valence-electron chi connectivity index (χ3n) is 15.9. The first-order valence-electron chi connectivity index (χ1n) is 25.6. The molecule has 67 heavy (non-hydrogen) atoms. The fourth-order valence-electron chi connectivity index (χ4n) is 12.2. The number of nitrogens with one attached hydrogen (secondary N) is 8. The van der Waals surface area contributed by atoms with Crippen molar-refractivity contribution in [2.45, 2.75) is 159 Å². The molecule has 4 saturated heterocycles. The van der Waals surface area contributed by atoms with Crippen LogP contribution >= 0.6 is 0 Å². The number of nitrogens with zero attached hydrogens (tertiary/aromatic N) is 10. The highest BCUT2D eigenvalue weighted by molar-refractivity contribution is 5.39. The summed E-state index contributed by atoms with van der Waals surface area (Å²) in [5.41, 5.74) is 26.0. The van der Waals surface area contributed by atoms with Gasteiger partial charge in [-0.25, -0.2) is 0 Å². The highest BCUT2D eigenvalue weighted by Crippen LogP contribution is 2.58. The van der Waals surface area contributed by atoms with E-state index in [4.69, 9.17) is 52.8 Å². The van der Waals surface area contributed by atoms with Crippen molar-refractivity contribution in [3.8, 4) is 0 Å². The van der Waals surface area contributed by atoms with E-state index in [0.717, 1.165) is 109 Å². The summed E-state index contributed by atoms with van der Waals surface area (Å²) in [5, 5.41) is 28.9. The largest absolute Gasteiger partial charge is 0.339 e. The summed E-state index contributed by atoms with van der Waals surface area (Å²) in [6, 6.07) is 0.808. The summed E-state index contributed by atoms with van der Waals surface area (Å²) < 4.78 is 0. The van der Waals surface area contributed by atoms with Crippen LogP contribution < -0.4 is 65.5 Å². The van der Waals surface area contributed by atoms with Gasteiger partial charge in [0.2, 0.25) is 23.8 Å². The number of hydrogen-bond acceptors (Lipinski definition) is 22. The van der Waals surface area contributed by atoms with E-state index in [1.54, 1.807) is 0 Å². The van der Waals surface area contributed by atoms with E-state index in [2.05, 4.69) is 118 Å². The minimum atomic E-state index is -0.0362. The Morgan fingerprint density at radius 1 is 0.403 bits per heavy atom. The Bertz CT molecular complexity index is 1650. The molecule has 6 aliphatic rings. The topological polar surface area (TPSA) is 291 Å². The van der Waals surface area contributed by atoms with E-state index in [0.29, 0.717) is 35.6 Å². The van der Waals surface area contributed by atoms with E-state index in [1.165, 1.54) is 0 Å². The average Bonchev–Trinajstić information content (AvgIpc) is 3.93. The number of aromatic nitrogens is 6. The minimum Gasteiger partial charge on any atom is -0.339 e. The lowest BCUT2D eigenvalue weighted by Gasteiger charge is -2.42. The second-order valence-electron chi connectivity index (χ2n) is 20.9. The molecule has 6 fully saturated rings. The molecule has 2 saturated carbocycles. The summed E-state index contributed by atoms with van der Waals surface area (Å²) in [5.74, 6) is 5.06. The highest BCUT2D eigenvalue weighted by atomic mass is 15.4. The van der Waals surface area contributed by atoms with Crippen molar-refractivity contribution in [1.82, 2.24) is 70.8 Å². The maximum Gasteiger partial charge on any atom is 0.228 e. The summed E-state index contributed by atoms with van der Waals surface area (Å²) in [6.45, 7) is 27.6. The molecule has 2 bridgehead atoms. The van der Waals surface area contributed by atoms with Crippen LogP contribution in [0.3, 0.4) is 0 Å². The lowest BCUT2D eigenvalue weighted by Crippen LogP contribution is -2.61. The summed E-state index contributed by atoms with van der Waals surface area (Å²) in [7, 11) is 0. The quantitative estimate of drug-likeness (QED) is 0.0842. The molecule has 16 N–H and O–H groups in total. The Balaban J connectivity index is 1.05. The smallest absolute Gasteiger partial charge is 0.228 e. The number of nitrogens with two attached hydrogens (primary N) is 4. The average molecular weight is 935 g/mol. The monoisotopic (exact) mass is 935 g/mol. The van der Waals surface area contributed by atoms with Crippen LogP contribution in [0.5, 0.6) is 0 Å². The first-order valence-corrected chi connectivity index (χ1v) is 25.6. The SMILES string of the molecule is CC(N)C1CNCCN1C(C)Nc1nc(NC(C)N2CCNCC2C(C)N)nc(C2CC3CC2CC3c2nc(NC(C)N3CCNCC3C(C)N)nc(NC(C)N3CCNCC3C(C)N)n2)n1. The van der Waals surface area contributed by atoms with Crippen molar-refractivity contribution in [3.63, 3.8) is 0 Å². The van der Waals surface area contributed by atoms with Gasteiger partial charge in [0.15, 0.2) is 0 Å². The standard InChI is InChI=1S/C45H86N22/c1-24(46)36-20-50-9-13-64(36)28(5)54-42-58-40(59-43(62-42)55-29(6)65-14-10-51-21-37(65)25(2)47)34-18-33-17-32(34)19-35(33)41-60-44(56-30(7)66-15-11-52-22-38(66)26(3)48)63-45(61-41)57-31(8)67-16-12-53-23-39(67)27(4)49/h24-39,50-53H,9-23,46-49H2,1-8H3,(H2,54,55,58,59,62)(H2,56,57,60,61,63). The fraction of sp³-hybridized carbons (Fsp3) is 0.867. The first-order chi connectivity index (χ1) is 32.1. The zero-order valence-corrected chi connectivity index (χ0v) is 41.6. The molecule has 376 valence electrons. The Morgan fingerprint density at radius 3 is 0.881 bits per heavy atom. The van der Waals surface area contributed by atoms with E-state index in [1.807, 2.05) is 0 Å². The van der Waals surface area contributed by atoms with E-state index < -0.39 is 0 Å². The van der Waals surface area contributed by atoms with Crippen LogP contribution in [0.15, 0.2) is 0 Å². The molecule has 8 rings (SSSR count). The molecular weight excluding hydrogens is 849 g/mol. The van der Waals surface area contributed by atoms with Crippen LogP contribution in [-0.4, -0.2) is 201 Å². The number of piperazine rings is 4. The Labute approximate surface area is 399 Å². The third kappa shape index (κ3) is 11.7. The number of anilines is 4. The molecule has 0 spiro atoms. The third-order valence-corrected chi connectivity index (χ3v) is 15.9. The molecule has 0 aromatic carbocycles. The molecule has 22 nitrogen and oxygen atoms in total. The van der Waals surface area contributed by atoms with Gasteiger partial charge in [-0.3, -0.25) is 19.6 Å². The summed E-state index contributed by atoms with van der Waals surface area (Å²) in [6.07, 6.45) is 2.80. The molecule has 0 radical (unpaired) electrons. The van der Waals surface area contributed by atoms with Gasteiger partial charge in [-0.1, -0.05) is 0 Å². The molecule has 22 heteroatoms. The van der Waals surface area contributed by atoms with Crippen LogP contribution in [0.1, 0.15) is 98.1 Å². The van der Waals surface area contributed by atoms with Crippen molar-refractivity contribution in [2.24, 2.45) is 34.8 Å². The Kier molecular flexibility index (Phi) is 16.6. The van der Waals surface area contributed by atoms with E-state index >= 15 is 0 Å². The maximum atomic E-state index is 6.50. The predicted octanol–water partition coefficient (Wildman–Crippen LogP) is -1.13. The van der Waals surface area contributed by atoms with Gasteiger partial charge in [-0.15, -0.1) is 0 Å². The van der Waals surface area contributed by atoms with Crippen LogP contribution in [0, 0.1) is 11.8 Å². The Morgan fingerprint density at radius 2 is 0.657 bits per heavy atom. The molecular formula is C45H86N22. The molecule has 16 unspecified atom stereocenters. The maximum absolute atomic E-state index is 6.50. The Hall–Kier alpha value is -3.26. The second-order valence-corrected chi connectivity index (χ2v) is 20.9. The van der Waals surface area contributed by atoms with Crippen molar-refractivity contribution in [2.75, 3.05) is 99.8 Å². The normalized spacial score (nSPS) is 32.7. The molecule has 0 amide bonds. The van der Waals surface area contributed by atoms with Crippen molar-refractivity contribution in [1.29, 1.82) is 0 Å².